The molecule has 1 rings (SSSR count). The van der Waals surface area contributed by atoms with Gasteiger partial charge in [-0.2, -0.15) is 4.31 Å². The largest absolute Gasteiger partial charge is 0.495 e. The molecule has 1 aromatic carbocycles. The van der Waals surface area contributed by atoms with Crippen LogP contribution in [0.5, 0.6) is 11.5 Å². The summed E-state index contributed by atoms with van der Waals surface area (Å²) in [4.78, 5) is -0.0110. The fraction of sp³-hybridized carbons (Fsp3) is 0.538. The van der Waals surface area contributed by atoms with Gasteiger partial charge in [0.1, 0.15) is 16.4 Å². The smallest absolute Gasteiger partial charge is 0.246 e. The summed E-state index contributed by atoms with van der Waals surface area (Å²) < 4.78 is 36.8. The van der Waals surface area contributed by atoms with Crippen LogP contribution in [0.3, 0.4) is 0 Å². The van der Waals surface area contributed by atoms with E-state index < -0.39 is 10.0 Å². The summed E-state index contributed by atoms with van der Waals surface area (Å²) in [6, 6.07) is 2.77. The third-order valence-corrected chi connectivity index (χ3v) is 5.05. The van der Waals surface area contributed by atoms with Crippen molar-refractivity contribution in [2.45, 2.75) is 18.2 Å². The highest BCUT2D eigenvalue weighted by Crippen LogP contribution is 2.35. The van der Waals surface area contributed by atoms with Gasteiger partial charge in [0.2, 0.25) is 10.0 Å². The Morgan fingerprint density at radius 3 is 2.33 bits per heavy atom. The maximum absolute atomic E-state index is 12.7. The van der Waals surface area contributed by atoms with Crippen LogP contribution in [0.1, 0.15) is 13.3 Å². The van der Waals surface area contributed by atoms with Gasteiger partial charge in [-0.25, -0.2) is 8.42 Å². The fourth-order valence-corrected chi connectivity index (χ4v) is 3.59. The van der Waals surface area contributed by atoms with Crippen LogP contribution in [-0.2, 0) is 10.0 Å². The lowest BCUT2D eigenvalue weighted by atomic mass is 10.3. The summed E-state index contributed by atoms with van der Waals surface area (Å²) in [6.07, 6.45) is 0.362. The Bertz CT molecular complexity index is 574. The number of anilines is 1. The van der Waals surface area contributed by atoms with Crippen LogP contribution in [0.2, 0.25) is 0 Å². The minimum absolute atomic E-state index is 0.0110. The van der Waals surface area contributed by atoms with Crippen molar-refractivity contribution in [2.75, 3.05) is 39.6 Å². The number of hydrogen-bond donors (Lipinski definition) is 2. The summed E-state index contributed by atoms with van der Waals surface area (Å²) in [5.74, 6) is 0.521. The molecular formula is C13H22N2O5S. The number of methoxy groups -OCH3 is 2. The topological polar surface area (TPSA) is 102 Å². The van der Waals surface area contributed by atoms with Crippen molar-refractivity contribution in [3.8, 4) is 11.5 Å². The van der Waals surface area contributed by atoms with E-state index >= 15 is 0 Å². The molecule has 0 bridgehead atoms. The summed E-state index contributed by atoms with van der Waals surface area (Å²) in [7, 11) is -0.926. The maximum atomic E-state index is 12.7. The Kier molecular flexibility index (Phi) is 6.25. The van der Waals surface area contributed by atoms with Crippen molar-refractivity contribution in [1.82, 2.24) is 4.31 Å². The number of nitrogens with zero attached hydrogens (tertiary/aromatic N) is 1. The lowest BCUT2D eigenvalue weighted by Crippen LogP contribution is -2.32. The summed E-state index contributed by atoms with van der Waals surface area (Å²) in [5.41, 5.74) is 6.01. The highest BCUT2D eigenvalue weighted by atomic mass is 32.2. The SMILES string of the molecule is CCN(CCCO)S(=O)(=O)c1cc(N)c(OC)cc1OC. The third-order valence-electron chi connectivity index (χ3n) is 3.05. The Morgan fingerprint density at radius 2 is 1.86 bits per heavy atom. The zero-order valence-electron chi connectivity index (χ0n) is 12.5. The van der Waals surface area contributed by atoms with Gasteiger partial charge in [0, 0.05) is 25.8 Å². The van der Waals surface area contributed by atoms with Crippen molar-refractivity contribution in [1.29, 1.82) is 0 Å². The highest BCUT2D eigenvalue weighted by molar-refractivity contribution is 7.89. The minimum Gasteiger partial charge on any atom is -0.495 e. The van der Waals surface area contributed by atoms with E-state index in [4.69, 9.17) is 20.3 Å². The number of nitrogen functional groups attached to an aromatic ring is 1. The van der Waals surface area contributed by atoms with Gasteiger partial charge in [-0.05, 0) is 12.5 Å². The van der Waals surface area contributed by atoms with Gasteiger partial charge in [-0.15, -0.1) is 0 Å². The fourth-order valence-electron chi connectivity index (χ4n) is 1.93. The van der Waals surface area contributed by atoms with Crippen molar-refractivity contribution in [3.05, 3.63) is 12.1 Å². The number of rotatable bonds is 8. The second-order valence-electron chi connectivity index (χ2n) is 4.32. The molecule has 1 aromatic rings. The van der Waals surface area contributed by atoms with E-state index in [0.717, 1.165) is 0 Å². The van der Waals surface area contributed by atoms with Crippen LogP contribution in [0, 0.1) is 0 Å². The standard InChI is InChI=1S/C13H22N2O5S/c1-4-15(6-5-7-16)21(17,18)13-8-10(14)11(19-2)9-12(13)20-3/h8-9,16H,4-7,14H2,1-3H3. The molecule has 0 aliphatic rings. The summed E-state index contributed by atoms with van der Waals surface area (Å²) in [6.45, 7) is 2.17. The average Bonchev–Trinajstić information content (AvgIpc) is 2.47. The number of nitrogens with two attached hydrogens (primary N) is 1. The van der Waals surface area contributed by atoms with Crippen LogP contribution in [0.25, 0.3) is 0 Å². The monoisotopic (exact) mass is 318 g/mol. The second kappa shape index (κ2) is 7.48. The van der Waals surface area contributed by atoms with Crippen LogP contribution in [0.4, 0.5) is 5.69 Å². The van der Waals surface area contributed by atoms with E-state index in [-0.39, 0.29) is 36.0 Å². The molecule has 0 fully saturated rings. The molecule has 0 unspecified atom stereocenters. The Balaban J connectivity index is 3.32. The van der Waals surface area contributed by atoms with Crippen LogP contribution in [-0.4, -0.2) is 51.7 Å². The van der Waals surface area contributed by atoms with Crippen molar-refractivity contribution in [2.24, 2.45) is 0 Å². The average molecular weight is 318 g/mol. The van der Waals surface area contributed by atoms with Crippen molar-refractivity contribution >= 4 is 15.7 Å². The summed E-state index contributed by atoms with van der Waals surface area (Å²) in [5, 5.41) is 8.88. The van der Waals surface area contributed by atoms with E-state index in [0.29, 0.717) is 12.2 Å². The first kappa shape index (κ1) is 17.5. The molecule has 0 saturated heterocycles. The van der Waals surface area contributed by atoms with E-state index in [1.54, 1.807) is 6.92 Å². The molecule has 0 aliphatic heterocycles. The number of sulfonamides is 1. The van der Waals surface area contributed by atoms with E-state index in [2.05, 4.69) is 0 Å². The van der Waals surface area contributed by atoms with Crippen LogP contribution in [0.15, 0.2) is 17.0 Å². The van der Waals surface area contributed by atoms with Crippen LogP contribution < -0.4 is 15.2 Å². The normalized spacial score (nSPS) is 11.7. The lowest BCUT2D eigenvalue weighted by Gasteiger charge is -2.22. The molecule has 8 heteroatoms. The molecule has 3 N–H and O–H groups in total. The molecule has 0 heterocycles. The number of ether oxygens (including phenoxy) is 2. The van der Waals surface area contributed by atoms with Crippen molar-refractivity contribution < 1.29 is 23.0 Å². The Hall–Kier alpha value is -1.51. The number of benzene rings is 1. The predicted octanol–water partition coefficient (Wildman–Crippen LogP) is 0.679. The number of aliphatic hydroxyl groups is 1. The molecule has 21 heavy (non-hydrogen) atoms. The first-order chi connectivity index (χ1) is 9.92. The van der Waals surface area contributed by atoms with E-state index in [1.807, 2.05) is 0 Å². The second-order valence-corrected chi connectivity index (χ2v) is 6.23. The minimum atomic E-state index is -3.75. The predicted molar refractivity (Wildman–Crippen MR) is 80.1 cm³/mol. The first-order valence-electron chi connectivity index (χ1n) is 6.54. The van der Waals surface area contributed by atoms with Gasteiger partial charge in [0.05, 0.1) is 19.9 Å². The molecule has 0 saturated carbocycles. The molecule has 0 spiro atoms. The molecular weight excluding hydrogens is 296 g/mol. The van der Waals surface area contributed by atoms with Crippen molar-refractivity contribution in [3.63, 3.8) is 0 Å². The number of aliphatic hydroxyl groups excluding tert-OH is 1. The molecule has 0 radical (unpaired) electrons. The Morgan fingerprint density at radius 1 is 1.24 bits per heavy atom. The highest BCUT2D eigenvalue weighted by Gasteiger charge is 2.27. The van der Waals surface area contributed by atoms with Gasteiger partial charge in [0.15, 0.2) is 0 Å². The maximum Gasteiger partial charge on any atom is 0.246 e. The molecule has 120 valence electrons. The van der Waals surface area contributed by atoms with E-state index in [9.17, 15) is 8.42 Å². The Labute approximate surface area is 125 Å². The lowest BCUT2D eigenvalue weighted by molar-refractivity contribution is 0.271. The van der Waals surface area contributed by atoms with Gasteiger partial charge in [0.25, 0.3) is 0 Å². The molecule has 0 amide bonds. The zero-order chi connectivity index (χ0) is 16.0. The number of hydrogen-bond acceptors (Lipinski definition) is 6. The first-order valence-corrected chi connectivity index (χ1v) is 7.98. The van der Waals surface area contributed by atoms with Gasteiger partial charge in [-0.1, -0.05) is 6.92 Å². The van der Waals surface area contributed by atoms with Gasteiger partial charge < -0.3 is 20.3 Å². The summed E-state index contributed by atoms with van der Waals surface area (Å²) >= 11 is 0. The molecule has 0 atom stereocenters. The van der Waals surface area contributed by atoms with Crippen LogP contribution >= 0.6 is 0 Å². The van der Waals surface area contributed by atoms with Gasteiger partial charge >= 0.3 is 0 Å². The zero-order valence-corrected chi connectivity index (χ0v) is 13.3. The third kappa shape index (κ3) is 3.78. The molecule has 7 nitrogen and oxygen atoms in total. The van der Waals surface area contributed by atoms with E-state index in [1.165, 1.54) is 30.7 Å². The van der Waals surface area contributed by atoms with Gasteiger partial charge in [-0.3, -0.25) is 0 Å². The molecule has 0 aliphatic carbocycles. The molecule has 0 aromatic heterocycles. The quantitative estimate of drug-likeness (QED) is 0.683.